The van der Waals surface area contributed by atoms with E-state index in [0.717, 1.165) is 17.7 Å². The molecule has 16 heavy (non-hydrogen) atoms. The lowest BCUT2D eigenvalue weighted by atomic mass is 10.1. The van der Waals surface area contributed by atoms with Crippen LogP contribution >= 0.6 is 0 Å². The molecule has 2 rings (SSSR count). The highest BCUT2D eigenvalue weighted by Gasteiger charge is 1.99. The van der Waals surface area contributed by atoms with E-state index in [-0.39, 0.29) is 5.56 Å². The Balaban J connectivity index is 2.27. The molecular formula is C12H13N3O. The summed E-state index contributed by atoms with van der Waals surface area (Å²) in [5.74, 6) is 0. The quantitative estimate of drug-likeness (QED) is 0.800. The topological polar surface area (TPSA) is 71.8 Å². The maximum Gasteiger partial charge on any atom is 0.264 e. The summed E-state index contributed by atoms with van der Waals surface area (Å²) in [6, 6.07) is 11.2. The van der Waals surface area contributed by atoms with Gasteiger partial charge in [0.25, 0.3) is 5.56 Å². The standard InChI is InChI=1S/C12H13N3O/c13-8-7-9-1-3-10(4-2-9)11-5-6-12(16)15-14-11/h1-6H,7-8,13H2,(H,15,16). The van der Waals surface area contributed by atoms with E-state index in [1.807, 2.05) is 24.3 Å². The van der Waals surface area contributed by atoms with Crippen LogP contribution in [0.1, 0.15) is 5.56 Å². The second-order valence-corrected chi connectivity index (χ2v) is 3.54. The van der Waals surface area contributed by atoms with E-state index < -0.39 is 0 Å². The number of aromatic amines is 1. The second-order valence-electron chi connectivity index (χ2n) is 3.54. The average Bonchev–Trinajstić information content (AvgIpc) is 2.32. The predicted molar refractivity (Wildman–Crippen MR) is 63.1 cm³/mol. The Labute approximate surface area is 93.1 Å². The first-order chi connectivity index (χ1) is 7.79. The van der Waals surface area contributed by atoms with Gasteiger partial charge in [0.1, 0.15) is 0 Å². The van der Waals surface area contributed by atoms with E-state index in [1.165, 1.54) is 11.6 Å². The van der Waals surface area contributed by atoms with Crippen LogP contribution < -0.4 is 11.3 Å². The fourth-order valence-electron chi connectivity index (χ4n) is 1.51. The van der Waals surface area contributed by atoms with Crippen LogP contribution in [-0.4, -0.2) is 16.7 Å². The number of hydrogen-bond acceptors (Lipinski definition) is 3. The van der Waals surface area contributed by atoms with Crippen molar-refractivity contribution in [2.45, 2.75) is 6.42 Å². The summed E-state index contributed by atoms with van der Waals surface area (Å²) in [6.45, 7) is 0.649. The molecule has 4 nitrogen and oxygen atoms in total. The van der Waals surface area contributed by atoms with Crippen LogP contribution in [0.15, 0.2) is 41.2 Å². The van der Waals surface area contributed by atoms with Crippen molar-refractivity contribution in [1.29, 1.82) is 0 Å². The number of H-pyrrole nitrogens is 1. The Hall–Kier alpha value is -1.94. The van der Waals surface area contributed by atoms with E-state index >= 15 is 0 Å². The van der Waals surface area contributed by atoms with E-state index in [0.29, 0.717) is 6.54 Å². The van der Waals surface area contributed by atoms with Gasteiger partial charge in [-0.3, -0.25) is 4.79 Å². The summed E-state index contributed by atoms with van der Waals surface area (Å²) < 4.78 is 0. The van der Waals surface area contributed by atoms with Crippen molar-refractivity contribution in [2.24, 2.45) is 5.73 Å². The van der Waals surface area contributed by atoms with Crippen LogP contribution in [0.5, 0.6) is 0 Å². The predicted octanol–water partition coefficient (Wildman–Crippen LogP) is 0.938. The lowest BCUT2D eigenvalue weighted by Crippen LogP contribution is -2.05. The fourth-order valence-corrected chi connectivity index (χ4v) is 1.51. The van der Waals surface area contributed by atoms with Crippen molar-refractivity contribution < 1.29 is 0 Å². The van der Waals surface area contributed by atoms with Gasteiger partial charge in [-0.2, -0.15) is 5.10 Å². The van der Waals surface area contributed by atoms with Crippen molar-refractivity contribution in [2.75, 3.05) is 6.54 Å². The van der Waals surface area contributed by atoms with Gasteiger partial charge in [-0.1, -0.05) is 24.3 Å². The molecule has 82 valence electrons. The van der Waals surface area contributed by atoms with Crippen molar-refractivity contribution in [3.63, 3.8) is 0 Å². The highest BCUT2D eigenvalue weighted by Crippen LogP contribution is 2.15. The third-order valence-electron chi connectivity index (χ3n) is 2.36. The number of nitrogens with zero attached hydrogens (tertiary/aromatic N) is 1. The first-order valence-corrected chi connectivity index (χ1v) is 5.15. The number of nitrogens with one attached hydrogen (secondary N) is 1. The van der Waals surface area contributed by atoms with Crippen molar-refractivity contribution in [3.8, 4) is 11.3 Å². The minimum Gasteiger partial charge on any atom is -0.330 e. The third kappa shape index (κ3) is 2.35. The number of benzene rings is 1. The van der Waals surface area contributed by atoms with E-state index in [4.69, 9.17) is 5.73 Å². The summed E-state index contributed by atoms with van der Waals surface area (Å²) in [5.41, 5.74) is 8.23. The average molecular weight is 215 g/mol. The van der Waals surface area contributed by atoms with Gasteiger partial charge < -0.3 is 5.73 Å². The number of rotatable bonds is 3. The highest BCUT2D eigenvalue weighted by atomic mass is 16.1. The third-order valence-corrected chi connectivity index (χ3v) is 2.36. The monoisotopic (exact) mass is 215 g/mol. The molecule has 0 saturated heterocycles. The zero-order chi connectivity index (χ0) is 11.4. The van der Waals surface area contributed by atoms with Crippen LogP contribution in [0.3, 0.4) is 0 Å². The Morgan fingerprint density at radius 1 is 1.12 bits per heavy atom. The smallest absolute Gasteiger partial charge is 0.264 e. The molecule has 0 atom stereocenters. The first-order valence-electron chi connectivity index (χ1n) is 5.15. The van der Waals surface area contributed by atoms with Gasteiger partial charge in [0.15, 0.2) is 0 Å². The van der Waals surface area contributed by atoms with Gasteiger partial charge in [-0.05, 0) is 24.6 Å². The molecule has 0 aliphatic rings. The normalized spacial score (nSPS) is 10.3. The summed E-state index contributed by atoms with van der Waals surface area (Å²) >= 11 is 0. The Morgan fingerprint density at radius 2 is 1.88 bits per heavy atom. The van der Waals surface area contributed by atoms with Gasteiger partial charge in [0.05, 0.1) is 5.69 Å². The molecule has 2 aromatic rings. The van der Waals surface area contributed by atoms with Crippen LogP contribution in [0.4, 0.5) is 0 Å². The van der Waals surface area contributed by atoms with Gasteiger partial charge in [0.2, 0.25) is 0 Å². The van der Waals surface area contributed by atoms with Gasteiger partial charge in [-0.25, -0.2) is 5.10 Å². The molecule has 0 amide bonds. The molecule has 0 fully saturated rings. The minimum atomic E-state index is -0.191. The minimum absolute atomic E-state index is 0.191. The number of nitrogens with two attached hydrogens (primary N) is 1. The second kappa shape index (κ2) is 4.72. The lowest BCUT2D eigenvalue weighted by molar-refractivity contribution is 0.967. The SMILES string of the molecule is NCCc1ccc(-c2ccc(=O)[nH]n2)cc1. The Bertz CT molecular complexity index is 496. The molecule has 0 saturated carbocycles. The van der Waals surface area contributed by atoms with Crippen molar-refractivity contribution >= 4 is 0 Å². The molecule has 0 radical (unpaired) electrons. The largest absolute Gasteiger partial charge is 0.330 e. The Kier molecular flexibility index (Phi) is 3.12. The van der Waals surface area contributed by atoms with Crippen LogP contribution in [0, 0.1) is 0 Å². The molecule has 0 unspecified atom stereocenters. The molecule has 3 N–H and O–H groups in total. The van der Waals surface area contributed by atoms with E-state index in [9.17, 15) is 4.79 Å². The zero-order valence-corrected chi connectivity index (χ0v) is 8.81. The highest BCUT2D eigenvalue weighted by molar-refractivity contribution is 5.58. The molecule has 0 spiro atoms. The molecule has 0 bridgehead atoms. The van der Waals surface area contributed by atoms with E-state index in [1.54, 1.807) is 6.07 Å². The number of hydrogen-bond donors (Lipinski definition) is 2. The Morgan fingerprint density at radius 3 is 2.44 bits per heavy atom. The zero-order valence-electron chi connectivity index (χ0n) is 8.81. The lowest BCUT2D eigenvalue weighted by Gasteiger charge is -2.02. The summed E-state index contributed by atoms with van der Waals surface area (Å²) in [7, 11) is 0. The molecule has 1 aromatic carbocycles. The molecule has 0 aliphatic heterocycles. The van der Waals surface area contributed by atoms with Crippen molar-refractivity contribution in [3.05, 3.63) is 52.3 Å². The van der Waals surface area contributed by atoms with Crippen molar-refractivity contribution in [1.82, 2.24) is 10.2 Å². The van der Waals surface area contributed by atoms with Gasteiger partial charge in [0, 0.05) is 11.6 Å². The van der Waals surface area contributed by atoms with Gasteiger partial charge in [-0.15, -0.1) is 0 Å². The van der Waals surface area contributed by atoms with Gasteiger partial charge >= 0.3 is 0 Å². The van der Waals surface area contributed by atoms with Crippen LogP contribution in [0.25, 0.3) is 11.3 Å². The maximum absolute atomic E-state index is 10.9. The first kappa shape index (κ1) is 10.6. The maximum atomic E-state index is 10.9. The van der Waals surface area contributed by atoms with Crippen LogP contribution in [-0.2, 0) is 6.42 Å². The number of aromatic nitrogens is 2. The molecule has 0 aliphatic carbocycles. The molecule has 1 heterocycles. The summed E-state index contributed by atoms with van der Waals surface area (Å²) in [4.78, 5) is 10.9. The molecule has 4 heteroatoms. The molecule has 1 aromatic heterocycles. The van der Waals surface area contributed by atoms with E-state index in [2.05, 4.69) is 10.2 Å². The van der Waals surface area contributed by atoms with Crippen LogP contribution in [0.2, 0.25) is 0 Å². The summed E-state index contributed by atoms with van der Waals surface area (Å²) in [5, 5.41) is 6.37. The summed E-state index contributed by atoms with van der Waals surface area (Å²) in [6.07, 6.45) is 0.874. The fraction of sp³-hybridized carbons (Fsp3) is 0.167. The molecular weight excluding hydrogens is 202 g/mol.